The smallest absolute Gasteiger partial charge is 0.162 e. The molecule has 0 bridgehead atoms. The van der Waals surface area contributed by atoms with Crippen molar-refractivity contribution in [1.29, 1.82) is 0 Å². The summed E-state index contributed by atoms with van der Waals surface area (Å²) < 4.78 is 24.6. The first-order valence-corrected chi connectivity index (χ1v) is 7.96. The van der Waals surface area contributed by atoms with Crippen molar-refractivity contribution in [3.63, 3.8) is 0 Å². The predicted molar refractivity (Wildman–Crippen MR) is 77.3 cm³/mol. The number of carbonyl (C=O) groups is 1. The summed E-state index contributed by atoms with van der Waals surface area (Å²) in [6, 6.07) is 5.55. The molecule has 0 aromatic heterocycles. The molecule has 106 valence electrons. The zero-order valence-corrected chi connectivity index (χ0v) is 12.5. The van der Waals surface area contributed by atoms with E-state index in [1.807, 2.05) is 20.8 Å². The summed E-state index contributed by atoms with van der Waals surface area (Å²) in [5, 5.41) is 0.154. The van der Waals surface area contributed by atoms with Crippen molar-refractivity contribution >= 4 is 16.6 Å². The highest BCUT2D eigenvalue weighted by molar-refractivity contribution is 7.85. The van der Waals surface area contributed by atoms with Crippen LogP contribution in [0.2, 0.25) is 0 Å². The van der Waals surface area contributed by atoms with E-state index in [0.29, 0.717) is 30.1 Å². The van der Waals surface area contributed by atoms with Crippen LogP contribution in [-0.2, 0) is 10.8 Å². The third-order valence-corrected chi connectivity index (χ3v) is 5.33. The van der Waals surface area contributed by atoms with Gasteiger partial charge in [0.15, 0.2) is 5.78 Å². The van der Waals surface area contributed by atoms with Gasteiger partial charge in [0.2, 0.25) is 0 Å². The van der Waals surface area contributed by atoms with Crippen LogP contribution in [0, 0.1) is 11.7 Å². The molecule has 0 heterocycles. The molecule has 2 unspecified atom stereocenters. The SMILES string of the molecule is CC(C)C(C)S(=O)CCCC(=O)c1ccc(F)cc1. The maximum atomic E-state index is 12.7. The largest absolute Gasteiger partial charge is 0.294 e. The lowest BCUT2D eigenvalue weighted by Crippen LogP contribution is -2.20. The van der Waals surface area contributed by atoms with Crippen molar-refractivity contribution in [2.24, 2.45) is 5.92 Å². The van der Waals surface area contributed by atoms with Crippen LogP contribution in [0.1, 0.15) is 44.0 Å². The van der Waals surface area contributed by atoms with Crippen molar-refractivity contribution in [2.75, 3.05) is 5.75 Å². The number of carbonyl (C=O) groups excluding carboxylic acids is 1. The Hall–Kier alpha value is -1.03. The van der Waals surface area contributed by atoms with Gasteiger partial charge in [-0.1, -0.05) is 20.8 Å². The van der Waals surface area contributed by atoms with Crippen LogP contribution >= 0.6 is 0 Å². The molecule has 0 saturated carbocycles. The van der Waals surface area contributed by atoms with Crippen molar-refractivity contribution in [3.8, 4) is 0 Å². The van der Waals surface area contributed by atoms with Crippen LogP contribution in [-0.4, -0.2) is 21.0 Å². The number of benzene rings is 1. The topological polar surface area (TPSA) is 34.1 Å². The highest BCUT2D eigenvalue weighted by Gasteiger charge is 2.15. The maximum Gasteiger partial charge on any atom is 0.162 e. The van der Waals surface area contributed by atoms with Crippen LogP contribution in [0.15, 0.2) is 24.3 Å². The van der Waals surface area contributed by atoms with Crippen molar-refractivity contribution < 1.29 is 13.4 Å². The fourth-order valence-corrected chi connectivity index (χ4v) is 3.05. The Balaban J connectivity index is 2.39. The minimum atomic E-state index is -0.884. The first-order chi connectivity index (χ1) is 8.91. The van der Waals surface area contributed by atoms with Crippen LogP contribution < -0.4 is 0 Å². The quantitative estimate of drug-likeness (QED) is 0.717. The van der Waals surface area contributed by atoms with E-state index in [9.17, 15) is 13.4 Å². The molecule has 2 nitrogen and oxygen atoms in total. The normalized spacial score (nSPS) is 14.4. The minimum absolute atomic E-state index is 0.0193. The maximum absolute atomic E-state index is 12.7. The van der Waals surface area contributed by atoms with Gasteiger partial charge < -0.3 is 0 Å². The second kappa shape index (κ2) is 7.53. The van der Waals surface area contributed by atoms with Crippen LogP contribution in [0.5, 0.6) is 0 Å². The van der Waals surface area contributed by atoms with Gasteiger partial charge in [-0.15, -0.1) is 0 Å². The highest BCUT2D eigenvalue weighted by atomic mass is 32.2. The van der Waals surface area contributed by atoms with Crippen LogP contribution in [0.3, 0.4) is 0 Å². The third-order valence-electron chi connectivity index (χ3n) is 3.27. The molecule has 19 heavy (non-hydrogen) atoms. The first kappa shape index (κ1) is 16.0. The zero-order valence-electron chi connectivity index (χ0n) is 11.7. The molecular formula is C15H21FO2S. The molecule has 0 saturated heterocycles. The summed E-state index contributed by atoms with van der Waals surface area (Å²) in [5.74, 6) is 0.568. The lowest BCUT2D eigenvalue weighted by Gasteiger charge is -2.14. The Morgan fingerprint density at radius 2 is 1.79 bits per heavy atom. The van der Waals surface area contributed by atoms with E-state index in [4.69, 9.17) is 0 Å². The molecule has 1 aromatic rings. The van der Waals surface area contributed by atoms with Gasteiger partial charge in [-0.05, 0) is 36.6 Å². The molecule has 0 aliphatic rings. The summed E-state index contributed by atoms with van der Waals surface area (Å²) in [6.07, 6.45) is 0.974. The molecule has 0 N–H and O–H groups in total. The van der Waals surface area contributed by atoms with Gasteiger partial charge >= 0.3 is 0 Å². The fourth-order valence-electron chi connectivity index (χ4n) is 1.64. The van der Waals surface area contributed by atoms with E-state index in [0.717, 1.165) is 0 Å². The van der Waals surface area contributed by atoms with Gasteiger partial charge in [0.05, 0.1) is 0 Å². The molecule has 1 rings (SSSR count). The third kappa shape index (κ3) is 5.23. The number of halogens is 1. The molecule has 0 aliphatic carbocycles. The Kier molecular flexibility index (Phi) is 6.35. The Bertz CT molecular complexity index is 440. The summed E-state index contributed by atoms with van der Waals surface area (Å²) in [5.41, 5.74) is 0.518. The number of rotatable bonds is 7. The molecule has 4 heteroatoms. The monoisotopic (exact) mass is 284 g/mol. The van der Waals surface area contributed by atoms with Gasteiger partial charge in [-0.3, -0.25) is 9.00 Å². The number of hydrogen-bond donors (Lipinski definition) is 0. The van der Waals surface area contributed by atoms with Crippen molar-refractivity contribution in [2.45, 2.75) is 38.9 Å². The van der Waals surface area contributed by atoms with Gasteiger partial charge in [0.25, 0.3) is 0 Å². The molecule has 0 radical (unpaired) electrons. The standard InChI is InChI=1S/C15H21FO2S/c1-11(2)12(3)19(18)10-4-5-15(17)13-6-8-14(16)9-7-13/h6-9,11-12H,4-5,10H2,1-3H3. The fraction of sp³-hybridized carbons (Fsp3) is 0.533. The number of hydrogen-bond acceptors (Lipinski definition) is 2. The Labute approximate surface area is 116 Å². The number of ketones is 1. The van der Waals surface area contributed by atoms with Gasteiger partial charge in [0, 0.05) is 33.8 Å². The van der Waals surface area contributed by atoms with Gasteiger partial charge in [-0.25, -0.2) is 4.39 Å². The molecular weight excluding hydrogens is 263 g/mol. The minimum Gasteiger partial charge on any atom is -0.294 e. The molecule has 2 atom stereocenters. The van der Waals surface area contributed by atoms with Crippen LogP contribution in [0.25, 0.3) is 0 Å². The lowest BCUT2D eigenvalue weighted by atomic mass is 10.1. The predicted octanol–water partition coefficient (Wildman–Crippen LogP) is 3.58. The van der Waals surface area contributed by atoms with E-state index >= 15 is 0 Å². The lowest BCUT2D eigenvalue weighted by molar-refractivity contribution is 0.0982. The van der Waals surface area contributed by atoms with Gasteiger partial charge in [-0.2, -0.15) is 0 Å². The zero-order chi connectivity index (χ0) is 14.4. The van der Waals surface area contributed by atoms with E-state index < -0.39 is 10.8 Å². The summed E-state index contributed by atoms with van der Waals surface area (Å²) in [7, 11) is -0.884. The summed E-state index contributed by atoms with van der Waals surface area (Å²) in [4.78, 5) is 11.8. The molecule has 0 amide bonds. The number of Topliss-reactive ketones (excluding diaryl/α,β-unsaturated/α-hetero) is 1. The second-order valence-electron chi connectivity index (χ2n) is 5.07. The van der Waals surface area contributed by atoms with E-state index in [1.54, 1.807) is 0 Å². The summed E-state index contributed by atoms with van der Waals surface area (Å²) in [6.45, 7) is 6.07. The highest BCUT2D eigenvalue weighted by Crippen LogP contribution is 2.12. The van der Waals surface area contributed by atoms with Gasteiger partial charge in [0.1, 0.15) is 5.82 Å². The first-order valence-electron chi connectivity index (χ1n) is 6.57. The molecule has 0 aliphatic heterocycles. The summed E-state index contributed by atoms with van der Waals surface area (Å²) >= 11 is 0. The second-order valence-corrected chi connectivity index (χ2v) is 6.98. The van der Waals surface area contributed by atoms with E-state index in [1.165, 1.54) is 24.3 Å². The van der Waals surface area contributed by atoms with Crippen molar-refractivity contribution in [1.82, 2.24) is 0 Å². The van der Waals surface area contributed by atoms with Crippen LogP contribution in [0.4, 0.5) is 4.39 Å². The van der Waals surface area contributed by atoms with E-state index in [-0.39, 0.29) is 16.9 Å². The average Bonchev–Trinajstić information content (AvgIpc) is 2.38. The Morgan fingerprint density at radius 1 is 1.21 bits per heavy atom. The van der Waals surface area contributed by atoms with E-state index in [2.05, 4.69) is 0 Å². The molecule has 0 spiro atoms. The Morgan fingerprint density at radius 3 is 2.32 bits per heavy atom. The average molecular weight is 284 g/mol. The molecule has 1 aromatic carbocycles. The van der Waals surface area contributed by atoms with Crippen molar-refractivity contribution in [3.05, 3.63) is 35.6 Å². The molecule has 0 fully saturated rings.